The topological polar surface area (TPSA) is 38.3 Å². The van der Waals surface area contributed by atoms with Crippen molar-refractivity contribution < 1.29 is 9.53 Å². The Morgan fingerprint density at radius 3 is 2.42 bits per heavy atom. The van der Waals surface area contributed by atoms with Crippen LogP contribution in [-0.2, 0) is 16.6 Å². The van der Waals surface area contributed by atoms with Crippen LogP contribution in [0.25, 0.3) is 0 Å². The molecule has 1 aliphatic rings. The first-order chi connectivity index (χ1) is 11.7. The average molecular weight is 323 g/mol. The molecular weight excluding hydrogens is 298 g/mol. The van der Waals surface area contributed by atoms with E-state index in [0.29, 0.717) is 13.0 Å². The van der Waals surface area contributed by atoms with Gasteiger partial charge in [0.05, 0.1) is 13.5 Å². The van der Waals surface area contributed by atoms with Gasteiger partial charge in [-0.2, -0.15) is 0 Å². The van der Waals surface area contributed by atoms with Gasteiger partial charge in [-0.05, 0) is 24.5 Å². The maximum Gasteiger partial charge on any atom is 0.224 e. The minimum Gasteiger partial charge on any atom is -0.496 e. The summed E-state index contributed by atoms with van der Waals surface area (Å²) in [6.07, 6.45) is 5.11. The summed E-state index contributed by atoms with van der Waals surface area (Å²) in [5.41, 5.74) is 2.37. The Bertz CT molecular complexity index is 675. The van der Waals surface area contributed by atoms with E-state index in [2.05, 4.69) is 29.6 Å². The molecule has 0 bridgehead atoms. The fraction of sp³-hybridized carbons (Fsp3) is 0.381. The lowest BCUT2D eigenvalue weighted by molar-refractivity contribution is -0.120. The molecule has 1 N–H and O–H groups in total. The second-order valence-electron chi connectivity index (χ2n) is 6.62. The Balaban J connectivity index is 1.66. The lowest BCUT2D eigenvalue weighted by Crippen LogP contribution is -2.39. The Labute approximate surface area is 144 Å². The monoisotopic (exact) mass is 323 g/mol. The predicted molar refractivity (Wildman–Crippen MR) is 96.3 cm³/mol. The van der Waals surface area contributed by atoms with E-state index in [4.69, 9.17) is 4.74 Å². The van der Waals surface area contributed by atoms with Crippen LogP contribution in [0.5, 0.6) is 5.75 Å². The van der Waals surface area contributed by atoms with Crippen molar-refractivity contribution in [3.8, 4) is 5.75 Å². The minimum atomic E-state index is 0.0571. The fourth-order valence-corrected chi connectivity index (χ4v) is 3.76. The van der Waals surface area contributed by atoms with E-state index in [1.807, 2.05) is 30.3 Å². The highest BCUT2D eigenvalue weighted by molar-refractivity contribution is 5.79. The van der Waals surface area contributed by atoms with Gasteiger partial charge in [0.15, 0.2) is 0 Å². The third-order valence-corrected chi connectivity index (χ3v) is 5.11. The van der Waals surface area contributed by atoms with Gasteiger partial charge in [0.1, 0.15) is 5.75 Å². The Kier molecular flexibility index (Phi) is 5.19. The predicted octanol–water partition coefficient (Wildman–Crippen LogP) is 3.87. The van der Waals surface area contributed by atoms with Crippen molar-refractivity contribution in [1.82, 2.24) is 5.32 Å². The number of hydrogen-bond acceptors (Lipinski definition) is 2. The molecule has 1 saturated carbocycles. The van der Waals surface area contributed by atoms with Crippen LogP contribution in [0.3, 0.4) is 0 Å². The molecule has 0 radical (unpaired) electrons. The third-order valence-electron chi connectivity index (χ3n) is 5.11. The van der Waals surface area contributed by atoms with E-state index < -0.39 is 0 Å². The highest BCUT2D eigenvalue weighted by atomic mass is 16.5. The molecular formula is C21H25NO2. The van der Waals surface area contributed by atoms with E-state index in [-0.39, 0.29) is 11.3 Å². The number of carbonyl (C=O) groups excluding carboxylic acids is 1. The summed E-state index contributed by atoms with van der Waals surface area (Å²) in [4.78, 5) is 12.4. The van der Waals surface area contributed by atoms with Crippen LogP contribution in [0.2, 0.25) is 0 Å². The van der Waals surface area contributed by atoms with Gasteiger partial charge in [-0.25, -0.2) is 0 Å². The van der Waals surface area contributed by atoms with Crippen molar-refractivity contribution in [2.75, 3.05) is 13.7 Å². The number of carbonyl (C=O) groups is 1. The first-order valence-electron chi connectivity index (χ1n) is 8.68. The SMILES string of the molecule is COc1ccccc1CC(=O)NCC1(c2ccccc2)CCCC1. The number of nitrogens with one attached hydrogen (secondary N) is 1. The van der Waals surface area contributed by atoms with Gasteiger partial charge in [0.25, 0.3) is 0 Å². The van der Waals surface area contributed by atoms with Gasteiger partial charge in [0.2, 0.25) is 5.91 Å². The van der Waals surface area contributed by atoms with Gasteiger partial charge in [0, 0.05) is 17.5 Å². The van der Waals surface area contributed by atoms with E-state index in [1.165, 1.54) is 18.4 Å². The zero-order chi connectivity index (χ0) is 16.8. The number of rotatable bonds is 6. The largest absolute Gasteiger partial charge is 0.496 e. The van der Waals surface area contributed by atoms with Crippen LogP contribution in [0, 0.1) is 0 Å². The fourth-order valence-electron chi connectivity index (χ4n) is 3.76. The molecule has 0 aromatic heterocycles. The molecule has 2 aromatic carbocycles. The average Bonchev–Trinajstić information content (AvgIpc) is 3.11. The quantitative estimate of drug-likeness (QED) is 0.876. The van der Waals surface area contributed by atoms with Gasteiger partial charge < -0.3 is 10.1 Å². The number of ether oxygens (including phenoxy) is 1. The molecule has 1 amide bonds. The summed E-state index contributed by atoms with van der Waals surface area (Å²) < 4.78 is 5.33. The first kappa shape index (κ1) is 16.6. The van der Waals surface area contributed by atoms with Crippen LogP contribution in [0.15, 0.2) is 54.6 Å². The number of benzene rings is 2. The van der Waals surface area contributed by atoms with Crippen molar-refractivity contribution in [3.05, 3.63) is 65.7 Å². The minimum absolute atomic E-state index is 0.0571. The smallest absolute Gasteiger partial charge is 0.224 e. The zero-order valence-corrected chi connectivity index (χ0v) is 14.3. The highest BCUT2D eigenvalue weighted by Gasteiger charge is 2.35. The van der Waals surface area contributed by atoms with Crippen LogP contribution in [-0.4, -0.2) is 19.6 Å². The molecule has 24 heavy (non-hydrogen) atoms. The number of methoxy groups -OCH3 is 1. The summed E-state index contributed by atoms with van der Waals surface area (Å²) in [6, 6.07) is 18.3. The molecule has 3 nitrogen and oxygen atoms in total. The third kappa shape index (κ3) is 3.61. The van der Waals surface area contributed by atoms with E-state index in [9.17, 15) is 4.79 Å². The van der Waals surface area contributed by atoms with Gasteiger partial charge >= 0.3 is 0 Å². The summed E-state index contributed by atoms with van der Waals surface area (Å²) >= 11 is 0. The maximum atomic E-state index is 12.4. The molecule has 1 fully saturated rings. The van der Waals surface area contributed by atoms with Gasteiger partial charge in [-0.15, -0.1) is 0 Å². The van der Waals surface area contributed by atoms with Crippen molar-refractivity contribution in [3.63, 3.8) is 0 Å². The molecule has 0 heterocycles. The lowest BCUT2D eigenvalue weighted by Gasteiger charge is -2.30. The van der Waals surface area contributed by atoms with E-state index in [1.54, 1.807) is 7.11 Å². The summed E-state index contributed by atoms with van der Waals surface area (Å²) in [5.74, 6) is 0.827. The number of hydrogen-bond donors (Lipinski definition) is 1. The maximum absolute atomic E-state index is 12.4. The molecule has 0 saturated heterocycles. The summed E-state index contributed by atoms with van der Waals surface area (Å²) in [5, 5.41) is 3.17. The summed E-state index contributed by atoms with van der Waals surface area (Å²) in [7, 11) is 1.64. The van der Waals surface area contributed by atoms with Crippen LogP contribution in [0.1, 0.15) is 36.8 Å². The molecule has 3 rings (SSSR count). The Hall–Kier alpha value is -2.29. The molecule has 0 aliphatic heterocycles. The van der Waals surface area contributed by atoms with Crippen molar-refractivity contribution in [2.45, 2.75) is 37.5 Å². The summed E-state index contributed by atoms with van der Waals surface area (Å²) in [6.45, 7) is 0.713. The Morgan fingerprint density at radius 2 is 1.71 bits per heavy atom. The molecule has 126 valence electrons. The number of amides is 1. The normalized spacial score (nSPS) is 15.9. The van der Waals surface area contributed by atoms with Gasteiger partial charge in [-0.1, -0.05) is 61.4 Å². The van der Waals surface area contributed by atoms with Crippen molar-refractivity contribution in [1.29, 1.82) is 0 Å². The van der Waals surface area contributed by atoms with E-state index in [0.717, 1.165) is 24.2 Å². The van der Waals surface area contributed by atoms with Crippen molar-refractivity contribution >= 4 is 5.91 Å². The first-order valence-corrected chi connectivity index (χ1v) is 8.68. The molecule has 3 heteroatoms. The van der Waals surface area contributed by atoms with Crippen molar-refractivity contribution in [2.24, 2.45) is 0 Å². The molecule has 0 spiro atoms. The highest BCUT2D eigenvalue weighted by Crippen LogP contribution is 2.40. The van der Waals surface area contributed by atoms with Gasteiger partial charge in [-0.3, -0.25) is 4.79 Å². The molecule has 0 atom stereocenters. The molecule has 0 unspecified atom stereocenters. The number of para-hydroxylation sites is 1. The van der Waals surface area contributed by atoms with Crippen LogP contribution in [0.4, 0.5) is 0 Å². The van der Waals surface area contributed by atoms with Crippen LogP contribution >= 0.6 is 0 Å². The van der Waals surface area contributed by atoms with Crippen LogP contribution < -0.4 is 10.1 Å². The second-order valence-corrected chi connectivity index (χ2v) is 6.62. The molecule has 2 aromatic rings. The second kappa shape index (κ2) is 7.52. The Morgan fingerprint density at radius 1 is 1.04 bits per heavy atom. The standard InChI is InChI=1S/C21H25NO2/c1-24-19-12-6-5-9-17(19)15-20(23)22-16-21(13-7-8-14-21)18-10-3-2-4-11-18/h2-6,9-12H,7-8,13-16H2,1H3,(H,22,23). The molecule has 1 aliphatic carbocycles. The van der Waals surface area contributed by atoms with E-state index >= 15 is 0 Å². The zero-order valence-electron chi connectivity index (χ0n) is 14.3. The lowest BCUT2D eigenvalue weighted by atomic mass is 9.79.